The van der Waals surface area contributed by atoms with Gasteiger partial charge in [0.1, 0.15) is 5.82 Å². The SMILES string of the molecule is Cc1cccc(CNC(Cc2ccccc2)(c2cc(F)cc(C(F)(F)F)c2)c2ccc(Cl)cn2)c1. The van der Waals surface area contributed by atoms with Crippen LogP contribution in [0.25, 0.3) is 0 Å². The zero-order valence-corrected chi connectivity index (χ0v) is 19.7. The minimum Gasteiger partial charge on any atom is -0.298 e. The Bertz CT molecular complexity index is 1290. The summed E-state index contributed by atoms with van der Waals surface area (Å²) in [6.45, 7) is 2.28. The van der Waals surface area contributed by atoms with Crippen LogP contribution in [-0.4, -0.2) is 4.98 Å². The van der Waals surface area contributed by atoms with Gasteiger partial charge in [-0.05, 0) is 53.9 Å². The van der Waals surface area contributed by atoms with E-state index in [0.717, 1.165) is 28.8 Å². The number of benzene rings is 3. The molecule has 2 nitrogen and oxygen atoms in total. The molecule has 4 aromatic rings. The summed E-state index contributed by atoms with van der Waals surface area (Å²) in [6, 6.07) is 23.0. The lowest BCUT2D eigenvalue weighted by Crippen LogP contribution is -2.46. The standard InChI is InChI=1S/C28H23ClF4N2/c1-19-6-5-9-21(12-19)17-35-27(16-20-7-3-2-4-8-20,26-11-10-24(29)18-34-26)22-13-23(28(31,32)33)15-25(30)14-22/h2-15,18,35H,16-17H2,1H3. The van der Waals surface area contributed by atoms with Crippen LogP contribution in [0.2, 0.25) is 5.02 Å². The van der Waals surface area contributed by atoms with Gasteiger partial charge >= 0.3 is 6.18 Å². The first-order valence-corrected chi connectivity index (χ1v) is 11.4. The van der Waals surface area contributed by atoms with Gasteiger partial charge in [0.25, 0.3) is 0 Å². The fraction of sp³-hybridized carbons (Fsp3) is 0.179. The first kappa shape index (κ1) is 24.9. The Balaban J connectivity index is 1.93. The van der Waals surface area contributed by atoms with E-state index in [2.05, 4.69) is 10.3 Å². The summed E-state index contributed by atoms with van der Waals surface area (Å²) in [6.07, 6.45) is -3.04. The van der Waals surface area contributed by atoms with Crippen LogP contribution < -0.4 is 5.32 Å². The lowest BCUT2D eigenvalue weighted by atomic mass is 9.79. The highest BCUT2D eigenvalue weighted by Crippen LogP contribution is 2.38. The number of aryl methyl sites for hydroxylation is 1. The zero-order chi connectivity index (χ0) is 25.1. The number of aromatic nitrogens is 1. The largest absolute Gasteiger partial charge is 0.416 e. The number of pyridine rings is 1. The van der Waals surface area contributed by atoms with Crippen LogP contribution in [0.15, 0.2) is 91.1 Å². The van der Waals surface area contributed by atoms with E-state index in [4.69, 9.17) is 11.6 Å². The first-order valence-electron chi connectivity index (χ1n) is 11.0. The zero-order valence-electron chi connectivity index (χ0n) is 18.9. The molecule has 4 rings (SSSR count). The van der Waals surface area contributed by atoms with E-state index < -0.39 is 23.1 Å². The molecule has 1 N–H and O–H groups in total. The molecule has 180 valence electrons. The first-order chi connectivity index (χ1) is 16.7. The van der Waals surface area contributed by atoms with E-state index in [-0.39, 0.29) is 12.0 Å². The maximum Gasteiger partial charge on any atom is 0.416 e. The van der Waals surface area contributed by atoms with E-state index in [1.807, 2.05) is 61.5 Å². The van der Waals surface area contributed by atoms with Gasteiger partial charge in [0.05, 0.1) is 21.8 Å². The number of hydrogen-bond donors (Lipinski definition) is 1. The third-order valence-electron chi connectivity index (χ3n) is 5.87. The molecule has 0 radical (unpaired) electrons. The number of rotatable bonds is 7. The Morgan fingerprint density at radius 1 is 0.829 bits per heavy atom. The predicted molar refractivity (Wildman–Crippen MR) is 130 cm³/mol. The summed E-state index contributed by atoms with van der Waals surface area (Å²) in [7, 11) is 0. The molecule has 0 saturated heterocycles. The minimum absolute atomic E-state index is 0.121. The molecule has 0 aliphatic heterocycles. The molecule has 3 aromatic carbocycles. The van der Waals surface area contributed by atoms with E-state index in [9.17, 15) is 17.6 Å². The molecule has 0 aliphatic carbocycles. The van der Waals surface area contributed by atoms with Crippen LogP contribution in [0.3, 0.4) is 0 Å². The third-order valence-corrected chi connectivity index (χ3v) is 6.10. The van der Waals surface area contributed by atoms with Crippen LogP contribution in [-0.2, 0) is 24.7 Å². The molecule has 7 heteroatoms. The van der Waals surface area contributed by atoms with Crippen LogP contribution in [0.1, 0.15) is 33.5 Å². The highest BCUT2D eigenvalue weighted by molar-refractivity contribution is 6.30. The topological polar surface area (TPSA) is 24.9 Å². The normalized spacial score (nSPS) is 13.4. The molecule has 1 heterocycles. The molecular formula is C28H23ClF4N2. The second kappa shape index (κ2) is 10.2. The molecular weight excluding hydrogens is 476 g/mol. The number of alkyl halides is 3. The maximum atomic E-state index is 14.7. The van der Waals surface area contributed by atoms with Gasteiger partial charge in [-0.2, -0.15) is 13.2 Å². The van der Waals surface area contributed by atoms with Gasteiger partial charge in [-0.25, -0.2) is 4.39 Å². The number of nitrogens with one attached hydrogen (secondary N) is 1. The molecule has 1 unspecified atom stereocenters. The summed E-state index contributed by atoms with van der Waals surface area (Å²) in [5.74, 6) is -0.974. The Morgan fingerprint density at radius 2 is 1.54 bits per heavy atom. The van der Waals surface area contributed by atoms with Crippen molar-refractivity contribution in [3.63, 3.8) is 0 Å². The van der Waals surface area contributed by atoms with Crippen molar-refractivity contribution in [3.8, 4) is 0 Å². The van der Waals surface area contributed by atoms with Crippen molar-refractivity contribution in [2.24, 2.45) is 0 Å². The average Bonchev–Trinajstić information content (AvgIpc) is 2.82. The van der Waals surface area contributed by atoms with Crippen LogP contribution in [0, 0.1) is 12.7 Å². The number of hydrogen-bond acceptors (Lipinski definition) is 2. The smallest absolute Gasteiger partial charge is 0.298 e. The lowest BCUT2D eigenvalue weighted by molar-refractivity contribution is -0.137. The summed E-state index contributed by atoms with van der Waals surface area (Å²) in [4.78, 5) is 4.48. The quantitative estimate of drug-likeness (QED) is 0.267. The van der Waals surface area contributed by atoms with Crippen molar-refractivity contribution in [2.75, 3.05) is 0 Å². The van der Waals surface area contributed by atoms with Gasteiger partial charge in [0, 0.05) is 19.2 Å². The van der Waals surface area contributed by atoms with E-state index in [0.29, 0.717) is 23.3 Å². The van der Waals surface area contributed by atoms with Gasteiger partial charge in [0.15, 0.2) is 0 Å². The maximum absolute atomic E-state index is 14.7. The predicted octanol–water partition coefficient (Wildman–Crippen LogP) is 7.48. The van der Waals surface area contributed by atoms with Crippen LogP contribution >= 0.6 is 11.6 Å². The monoisotopic (exact) mass is 498 g/mol. The van der Waals surface area contributed by atoms with E-state index in [1.165, 1.54) is 6.20 Å². The van der Waals surface area contributed by atoms with Crippen molar-refractivity contribution in [2.45, 2.75) is 31.6 Å². The Labute approximate surface area is 206 Å². The molecule has 35 heavy (non-hydrogen) atoms. The van der Waals surface area contributed by atoms with E-state index >= 15 is 0 Å². The van der Waals surface area contributed by atoms with Gasteiger partial charge in [-0.15, -0.1) is 0 Å². The van der Waals surface area contributed by atoms with Crippen molar-refractivity contribution >= 4 is 11.6 Å². The highest BCUT2D eigenvalue weighted by Gasteiger charge is 2.39. The average molecular weight is 499 g/mol. The van der Waals surface area contributed by atoms with Gasteiger partial charge in [0.2, 0.25) is 0 Å². The molecule has 1 atom stereocenters. The van der Waals surface area contributed by atoms with Gasteiger partial charge < -0.3 is 0 Å². The lowest BCUT2D eigenvalue weighted by Gasteiger charge is -2.36. The molecule has 0 bridgehead atoms. The second-order valence-corrected chi connectivity index (χ2v) is 8.93. The fourth-order valence-corrected chi connectivity index (χ4v) is 4.31. The van der Waals surface area contributed by atoms with Crippen LogP contribution in [0.4, 0.5) is 17.6 Å². The molecule has 0 spiro atoms. The van der Waals surface area contributed by atoms with Crippen molar-refractivity contribution < 1.29 is 17.6 Å². The number of nitrogens with zero attached hydrogens (tertiary/aromatic N) is 1. The number of halogens is 5. The summed E-state index contributed by atoms with van der Waals surface area (Å²) in [5.41, 5.74) is 1.04. The molecule has 0 amide bonds. The Kier molecular flexibility index (Phi) is 7.24. The highest BCUT2D eigenvalue weighted by atomic mass is 35.5. The molecule has 0 fully saturated rings. The van der Waals surface area contributed by atoms with E-state index in [1.54, 1.807) is 12.1 Å². The second-order valence-electron chi connectivity index (χ2n) is 8.50. The van der Waals surface area contributed by atoms with Crippen LogP contribution in [0.5, 0.6) is 0 Å². The summed E-state index contributed by atoms with van der Waals surface area (Å²) in [5, 5.41) is 3.83. The summed E-state index contributed by atoms with van der Waals surface area (Å²) >= 11 is 6.08. The third kappa shape index (κ3) is 5.89. The minimum atomic E-state index is -4.71. The van der Waals surface area contributed by atoms with Crippen molar-refractivity contribution in [3.05, 3.63) is 135 Å². The molecule has 1 aromatic heterocycles. The van der Waals surface area contributed by atoms with Gasteiger partial charge in [-0.3, -0.25) is 10.3 Å². The summed E-state index contributed by atoms with van der Waals surface area (Å²) < 4.78 is 55.7. The van der Waals surface area contributed by atoms with Crippen molar-refractivity contribution in [1.29, 1.82) is 0 Å². The Hall–Kier alpha value is -3.22. The van der Waals surface area contributed by atoms with Crippen molar-refractivity contribution in [1.82, 2.24) is 10.3 Å². The molecule has 0 saturated carbocycles. The Morgan fingerprint density at radius 3 is 2.20 bits per heavy atom. The fourth-order valence-electron chi connectivity index (χ4n) is 4.20. The molecule has 0 aliphatic rings. The van der Waals surface area contributed by atoms with Gasteiger partial charge in [-0.1, -0.05) is 71.8 Å².